The zero-order chi connectivity index (χ0) is 36.2. The van der Waals surface area contributed by atoms with E-state index in [9.17, 15) is 9.00 Å². The highest BCUT2D eigenvalue weighted by molar-refractivity contribution is 7.76. The van der Waals surface area contributed by atoms with Crippen LogP contribution in [0.3, 0.4) is 0 Å². The zero-order valence-electron chi connectivity index (χ0n) is 29.8. The van der Waals surface area contributed by atoms with Gasteiger partial charge in [0.25, 0.3) is 5.91 Å². The number of hydrogen-bond donors (Lipinski definition) is 2. The van der Waals surface area contributed by atoms with E-state index in [0.717, 1.165) is 60.5 Å². The molecule has 2 aliphatic heterocycles. The fraction of sp³-hybridized carbons (Fsp3) is 0.425. The molecule has 1 aliphatic carbocycles. The number of carbonyl (C=O) groups excluding carboxylic acids is 1. The molecule has 1 saturated carbocycles. The zero-order valence-corrected chi connectivity index (χ0v) is 31.5. The maximum absolute atomic E-state index is 14.2. The molecule has 0 spiro atoms. The van der Waals surface area contributed by atoms with Crippen LogP contribution in [0.5, 0.6) is 11.5 Å². The lowest BCUT2D eigenvalue weighted by Crippen LogP contribution is -2.43. The number of anilines is 2. The smallest absolute Gasteiger partial charge is 0.285 e. The number of fused-ring (bicyclic) bond motifs is 4. The average Bonchev–Trinajstić information content (AvgIpc) is 3.17. The number of hydrogen-bond acceptors (Lipinski definition) is 9. The first-order valence-electron chi connectivity index (χ1n) is 18.1. The molecule has 0 saturated heterocycles. The number of nitrogens with one attached hydrogen (secondary N) is 1. The van der Waals surface area contributed by atoms with Crippen molar-refractivity contribution in [3.8, 4) is 11.5 Å². The van der Waals surface area contributed by atoms with E-state index in [2.05, 4.69) is 48.8 Å². The maximum atomic E-state index is 14.2. The third kappa shape index (κ3) is 7.91. The highest BCUT2D eigenvalue weighted by Gasteiger charge is 2.38. The van der Waals surface area contributed by atoms with E-state index in [1.807, 2.05) is 43.3 Å². The number of methoxy groups -OCH3 is 2. The van der Waals surface area contributed by atoms with Gasteiger partial charge in [0.15, 0.2) is 0 Å². The predicted octanol–water partition coefficient (Wildman–Crippen LogP) is 7.89. The van der Waals surface area contributed by atoms with Crippen LogP contribution in [-0.4, -0.2) is 58.9 Å². The van der Waals surface area contributed by atoms with Crippen molar-refractivity contribution < 1.29 is 23.2 Å². The van der Waals surface area contributed by atoms with Crippen LogP contribution in [0.4, 0.5) is 11.5 Å². The molecule has 6 atom stereocenters. The van der Waals surface area contributed by atoms with Crippen molar-refractivity contribution in [1.29, 1.82) is 0 Å². The Morgan fingerprint density at radius 1 is 1.02 bits per heavy atom. The predicted molar refractivity (Wildman–Crippen MR) is 207 cm³/mol. The number of rotatable bonds is 4. The average molecular weight is 744 g/mol. The van der Waals surface area contributed by atoms with E-state index in [1.165, 1.54) is 17.5 Å². The molecular formula is C40H46ClN5O5S. The number of amides is 1. The number of thiol groups is 1. The molecule has 1 fully saturated rings. The Morgan fingerprint density at radius 2 is 1.90 bits per heavy atom. The fourth-order valence-electron chi connectivity index (χ4n) is 7.59. The van der Waals surface area contributed by atoms with E-state index in [-0.39, 0.29) is 12.0 Å². The van der Waals surface area contributed by atoms with Gasteiger partial charge in [-0.25, -0.2) is 9.97 Å². The van der Waals surface area contributed by atoms with E-state index in [1.54, 1.807) is 20.3 Å². The van der Waals surface area contributed by atoms with Crippen molar-refractivity contribution in [1.82, 2.24) is 9.97 Å². The summed E-state index contributed by atoms with van der Waals surface area (Å²) in [6.07, 6.45) is 11.2. The Morgan fingerprint density at radius 3 is 2.71 bits per heavy atom. The minimum absolute atomic E-state index is 0.0665. The summed E-state index contributed by atoms with van der Waals surface area (Å²) in [5, 5.41) is 4.18. The first-order valence-corrected chi connectivity index (χ1v) is 19.7. The molecule has 3 aliphatic rings. The molecule has 2 bridgehead atoms. The van der Waals surface area contributed by atoms with Crippen LogP contribution in [0.1, 0.15) is 60.5 Å². The van der Waals surface area contributed by atoms with Crippen molar-refractivity contribution in [3.63, 3.8) is 0 Å². The normalized spacial score (nSPS) is 26.3. The number of allylic oxidation sites excluding steroid dienone is 1. The molecule has 3 aromatic carbocycles. The Balaban J connectivity index is 1.31. The van der Waals surface area contributed by atoms with Gasteiger partial charge in [0.2, 0.25) is 0 Å². The van der Waals surface area contributed by atoms with Gasteiger partial charge in [0.1, 0.15) is 29.0 Å². The van der Waals surface area contributed by atoms with Crippen molar-refractivity contribution in [2.24, 2.45) is 22.1 Å². The molecule has 7 rings (SSSR count). The minimum Gasteiger partial charge on any atom is -0.497 e. The molecule has 12 heteroatoms. The van der Waals surface area contributed by atoms with E-state index < -0.39 is 21.9 Å². The summed E-state index contributed by atoms with van der Waals surface area (Å²) >= 11 is 6.48. The molecule has 1 aromatic heterocycles. The van der Waals surface area contributed by atoms with Crippen LogP contribution in [0, 0.1) is 17.8 Å². The lowest BCUT2D eigenvalue weighted by molar-refractivity contribution is 0.0133. The van der Waals surface area contributed by atoms with Crippen LogP contribution in [0.25, 0.3) is 10.9 Å². The monoisotopic (exact) mass is 743 g/mol. The number of carbonyl (C=O) groups is 1. The summed E-state index contributed by atoms with van der Waals surface area (Å²) in [5.41, 5.74) is 4.30. The second-order valence-corrected chi connectivity index (χ2v) is 15.8. The number of ether oxygens (including phenoxy) is 3. The van der Waals surface area contributed by atoms with Gasteiger partial charge in [-0.3, -0.25) is 9.00 Å². The second-order valence-electron chi connectivity index (χ2n) is 14.0. The molecule has 0 radical (unpaired) electrons. The summed E-state index contributed by atoms with van der Waals surface area (Å²) in [5.74, 6) is 1.89. The molecule has 10 nitrogen and oxygen atoms in total. The van der Waals surface area contributed by atoms with Crippen molar-refractivity contribution in [2.75, 3.05) is 37.6 Å². The molecule has 2 unspecified atom stereocenters. The van der Waals surface area contributed by atoms with E-state index in [4.69, 9.17) is 25.8 Å². The quantitative estimate of drug-likeness (QED) is 0.159. The third-order valence-corrected chi connectivity index (χ3v) is 12.5. The van der Waals surface area contributed by atoms with Crippen molar-refractivity contribution in [3.05, 3.63) is 94.8 Å². The lowest BCUT2D eigenvalue weighted by atomic mass is 9.70. The van der Waals surface area contributed by atoms with Gasteiger partial charge < -0.3 is 24.4 Å². The summed E-state index contributed by atoms with van der Waals surface area (Å²) < 4.78 is 36.4. The lowest BCUT2D eigenvalue weighted by Gasteiger charge is -2.43. The topological polar surface area (TPSA) is 115 Å². The molecule has 52 heavy (non-hydrogen) atoms. The standard InChI is InChI=1S/C40H46ClN5O5S/c1-25-7-6-9-36(50-3)32-15-11-29(32)23-46-22-28-10-13-30(41)19-26(28)8-4-5-18-51-37-17-12-27(20-35(37)46)39(47)45-52(48)40(25)44-38-33-16-14-31(49-2)21-34(33)42-24-43-38/h6,9-10,12-14,16-17,19-21,24-25,29,32,36,40,52H,4-5,7-8,11,15,18,22-23H2,1-3H3,(H,42,43,44)/b9-6+/t25-,29-,32+,36-,40?/m0/s1. The van der Waals surface area contributed by atoms with Gasteiger partial charge in [-0.15, -0.1) is 0 Å². The van der Waals surface area contributed by atoms with Crippen molar-refractivity contribution >= 4 is 50.5 Å². The Bertz CT molecular complexity index is 2050. The van der Waals surface area contributed by atoms with Gasteiger partial charge in [-0.1, -0.05) is 36.7 Å². The van der Waals surface area contributed by atoms with E-state index in [0.29, 0.717) is 54.1 Å². The highest BCUT2D eigenvalue weighted by Crippen LogP contribution is 2.42. The fourth-order valence-corrected chi connectivity index (χ4v) is 8.99. The van der Waals surface area contributed by atoms with Gasteiger partial charge in [0.05, 0.1) is 41.6 Å². The Hall–Kier alpha value is -4.19. The third-order valence-electron chi connectivity index (χ3n) is 10.7. The van der Waals surface area contributed by atoms with Gasteiger partial charge in [-0.05, 0) is 110 Å². The summed E-state index contributed by atoms with van der Waals surface area (Å²) in [7, 11) is 0.939. The Kier molecular flexibility index (Phi) is 11.3. The van der Waals surface area contributed by atoms with Crippen LogP contribution < -0.4 is 19.7 Å². The molecule has 1 amide bonds. The molecule has 3 heterocycles. The Labute approximate surface area is 312 Å². The first-order chi connectivity index (χ1) is 25.3. The summed E-state index contributed by atoms with van der Waals surface area (Å²) in [6, 6.07) is 17.1. The van der Waals surface area contributed by atoms with Crippen molar-refractivity contribution in [2.45, 2.75) is 63.5 Å². The number of aromatic nitrogens is 2. The number of aryl methyl sites for hydroxylation is 1. The maximum Gasteiger partial charge on any atom is 0.285 e. The largest absolute Gasteiger partial charge is 0.497 e. The number of nitrogens with zero attached hydrogens (tertiary/aromatic N) is 4. The second kappa shape index (κ2) is 16.2. The number of halogens is 1. The van der Waals surface area contributed by atoms with Crippen LogP contribution in [0.15, 0.2) is 77.4 Å². The highest BCUT2D eigenvalue weighted by atomic mass is 35.5. The molecule has 274 valence electrons. The number of benzene rings is 3. The summed E-state index contributed by atoms with van der Waals surface area (Å²) in [6.45, 7) is 3.96. The van der Waals surface area contributed by atoms with Gasteiger partial charge in [0, 0.05) is 42.2 Å². The molecular weight excluding hydrogens is 698 g/mol. The summed E-state index contributed by atoms with van der Waals surface area (Å²) in [4.78, 5) is 25.2. The first kappa shape index (κ1) is 36.2. The van der Waals surface area contributed by atoms with E-state index >= 15 is 0 Å². The van der Waals surface area contributed by atoms with Gasteiger partial charge >= 0.3 is 0 Å². The SMILES string of the molecule is COc1ccc2c(NC3[C@@H](C)C/C=C/[C@H](OC)[C@@H]4CC[C@H]4CN4Cc5ccc(Cl)cc5CCCCOc5ccc(cc54)C(=O)/N=[SH]\3=O)ncnc2c1. The molecule has 4 aromatic rings. The minimum atomic E-state index is -2.44. The van der Waals surface area contributed by atoms with Gasteiger partial charge in [-0.2, -0.15) is 4.36 Å². The van der Waals surface area contributed by atoms with Crippen LogP contribution in [-0.2, 0) is 28.3 Å². The van der Waals surface area contributed by atoms with Crippen LogP contribution in [0.2, 0.25) is 5.02 Å². The van der Waals surface area contributed by atoms with Crippen LogP contribution >= 0.6 is 11.6 Å². The molecule has 1 N–H and O–H groups in total.